The van der Waals surface area contributed by atoms with Crippen LogP contribution in [0.3, 0.4) is 0 Å². The van der Waals surface area contributed by atoms with E-state index in [-0.39, 0.29) is 17.0 Å². The van der Waals surface area contributed by atoms with Crippen molar-refractivity contribution in [2.24, 2.45) is 0 Å². The van der Waals surface area contributed by atoms with Crippen LogP contribution in [-0.4, -0.2) is 35.4 Å². The summed E-state index contributed by atoms with van der Waals surface area (Å²) in [6.07, 6.45) is 0. The summed E-state index contributed by atoms with van der Waals surface area (Å²) in [6.45, 7) is -0.617. The quantitative estimate of drug-likeness (QED) is 0.440. The molecular weight excluding hydrogens is 362 g/mol. The molecule has 0 aliphatic rings. The Hall–Kier alpha value is -4.02. The van der Waals surface area contributed by atoms with Crippen LogP contribution in [0.4, 0.5) is 17.1 Å². The predicted octanol–water partition coefficient (Wildman–Crippen LogP) is 2.31. The molecule has 0 unspecified atom stereocenters. The normalized spacial score (nSPS) is 9.96. The van der Waals surface area contributed by atoms with Gasteiger partial charge in [0.1, 0.15) is 0 Å². The molecule has 1 N–H and O–H groups in total. The molecule has 140 valence electrons. The van der Waals surface area contributed by atoms with Crippen LogP contribution in [0.25, 0.3) is 0 Å². The van der Waals surface area contributed by atoms with Crippen molar-refractivity contribution in [3.8, 4) is 5.75 Å². The van der Waals surface area contributed by atoms with Gasteiger partial charge in [-0.05, 0) is 18.2 Å². The van der Waals surface area contributed by atoms with Gasteiger partial charge in [-0.2, -0.15) is 0 Å². The third-order valence-corrected chi connectivity index (χ3v) is 3.32. The number of hydrogen-bond acceptors (Lipinski definition) is 8. The van der Waals surface area contributed by atoms with Crippen LogP contribution in [0, 0.1) is 20.2 Å². The van der Waals surface area contributed by atoms with Gasteiger partial charge in [0.25, 0.3) is 11.6 Å². The summed E-state index contributed by atoms with van der Waals surface area (Å²) >= 11 is 0. The van der Waals surface area contributed by atoms with Crippen molar-refractivity contribution < 1.29 is 28.9 Å². The Balaban J connectivity index is 2.12. The van der Waals surface area contributed by atoms with Gasteiger partial charge in [-0.25, -0.2) is 4.79 Å². The molecule has 2 aromatic rings. The number of non-ortho nitro benzene ring substituents is 1. The van der Waals surface area contributed by atoms with E-state index >= 15 is 0 Å². The summed E-state index contributed by atoms with van der Waals surface area (Å²) in [4.78, 5) is 43.8. The number of nitro groups is 2. The summed E-state index contributed by atoms with van der Waals surface area (Å²) in [6, 6.07) is 8.88. The number of esters is 1. The van der Waals surface area contributed by atoms with Crippen LogP contribution in [-0.2, 0) is 9.53 Å². The average Bonchev–Trinajstić information content (AvgIpc) is 2.65. The van der Waals surface area contributed by atoms with Gasteiger partial charge in [-0.1, -0.05) is 12.1 Å². The second kappa shape index (κ2) is 8.38. The van der Waals surface area contributed by atoms with Crippen LogP contribution in [0.2, 0.25) is 0 Å². The van der Waals surface area contributed by atoms with Crippen molar-refractivity contribution in [1.29, 1.82) is 0 Å². The lowest BCUT2D eigenvalue weighted by Crippen LogP contribution is -2.22. The number of amides is 1. The number of methoxy groups -OCH3 is 1. The van der Waals surface area contributed by atoms with E-state index in [9.17, 15) is 29.8 Å². The van der Waals surface area contributed by atoms with Gasteiger partial charge >= 0.3 is 11.7 Å². The van der Waals surface area contributed by atoms with Gasteiger partial charge in [0.2, 0.25) is 0 Å². The van der Waals surface area contributed by atoms with Gasteiger partial charge in [0, 0.05) is 6.07 Å². The Morgan fingerprint density at radius 2 is 1.78 bits per heavy atom. The zero-order chi connectivity index (χ0) is 20.0. The van der Waals surface area contributed by atoms with Gasteiger partial charge in [-0.3, -0.25) is 25.0 Å². The fourth-order valence-corrected chi connectivity index (χ4v) is 2.09. The molecule has 0 bridgehead atoms. The van der Waals surface area contributed by atoms with Crippen molar-refractivity contribution in [2.45, 2.75) is 0 Å². The number of hydrogen-bond donors (Lipinski definition) is 1. The second-order valence-electron chi connectivity index (χ2n) is 5.04. The molecule has 0 aliphatic carbocycles. The first-order valence-corrected chi connectivity index (χ1v) is 7.36. The Kier molecular flexibility index (Phi) is 5.99. The second-order valence-corrected chi connectivity index (χ2v) is 5.04. The Morgan fingerprint density at radius 3 is 2.41 bits per heavy atom. The molecule has 0 spiro atoms. The molecule has 0 saturated heterocycles. The maximum Gasteiger partial charge on any atom is 0.339 e. The number of carbonyl (C=O) groups excluding carboxylic acids is 2. The summed E-state index contributed by atoms with van der Waals surface area (Å²) in [7, 11) is 1.19. The fraction of sp³-hybridized carbons (Fsp3) is 0.125. The lowest BCUT2D eigenvalue weighted by molar-refractivity contribution is -0.394. The number of nitro benzene ring substituents is 2. The number of anilines is 1. The van der Waals surface area contributed by atoms with Gasteiger partial charge in [0.15, 0.2) is 12.4 Å². The topological polar surface area (TPSA) is 151 Å². The van der Waals surface area contributed by atoms with Crippen molar-refractivity contribution >= 4 is 28.9 Å². The third kappa shape index (κ3) is 4.75. The first kappa shape index (κ1) is 19.3. The van der Waals surface area contributed by atoms with Crippen molar-refractivity contribution in [2.75, 3.05) is 19.0 Å². The molecule has 11 nitrogen and oxygen atoms in total. The van der Waals surface area contributed by atoms with E-state index in [1.165, 1.54) is 19.2 Å². The summed E-state index contributed by atoms with van der Waals surface area (Å²) < 4.78 is 9.71. The minimum atomic E-state index is -0.854. The molecule has 0 aromatic heterocycles. The highest BCUT2D eigenvalue weighted by atomic mass is 16.6. The SMILES string of the molecule is COC(=O)c1ccccc1NC(=O)COc1ccc([N+](=O)[O-])cc1[N+](=O)[O-]. The van der Waals surface area contributed by atoms with Crippen molar-refractivity contribution in [1.82, 2.24) is 0 Å². The van der Waals surface area contributed by atoms with E-state index < -0.39 is 39.7 Å². The highest BCUT2D eigenvalue weighted by Crippen LogP contribution is 2.31. The van der Waals surface area contributed by atoms with Gasteiger partial charge in [0.05, 0.1) is 34.3 Å². The molecule has 0 saturated carbocycles. The fourth-order valence-electron chi connectivity index (χ4n) is 2.09. The van der Waals surface area contributed by atoms with Crippen molar-refractivity contribution in [3.63, 3.8) is 0 Å². The third-order valence-electron chi connectivity index (χ3n) is 3.32. The predicted molar refractivity (Wildman–Crippen MR) is 91.7 cm³/mol. The Morgan fingerprint density at radius 1 is 1.07 bits per heavy atom. The summed E-state index contributed by atoms with van der Waals surface area (Å²) in [5, 5.41) is 24.2. The number of rotatable bonds is 7. The Bertz CT molecular complexity index is 912. The van der Waals surface area contributed by atoms with E-state index in [1.807, 2.05) is 0 Å². The number of nitrogens with one attached hydrogen (secondary N) is 1. The lowest BCUT2D eigenvalue weighted by atomic mass is 10.2. The smallest absolute Gasteiger partial charge is 0.339 e. The van der Waals surface area contributed by atoms with E-state index in [0.717, 1.165) is 18.2 Å². The maximum absolute atomic E-state index is 12.0. The van der Waals surface area contributed by atoms with Crippen LogP contribution in [0.15, 0.2) is 42.5 Å². The Labute approximate surface area is 151 Å². The zero-order valence-corrected chi connectivity index (χ0v) is 13.9. The van der Waals surface area contributed by atoms with E-state index in [2.05, 4.69) is 10.1 Å². The number of nitrogens with zero attached hydrogens (tertiary/aromatic N) is 2. The van der Waals surface area contributed by atoms with Crippen LogP contribution < -0.4 is 10.1 Å². The average molecular weight is 375 g/mol. The molecule has 2 aromatic carbocycles. The number of benzene rings is 2. The first-order valence-electron chi connectivity index (χ1n) is 7.36. The maximum atomic E-state index is 12.0. The van der Waals surface area contributed by atoms with Crippen molar-refractivity contribution in [3.05, 3.63) is 68.3 Å². The molecule has 27 heavy (non-hydrogen) atoms. The monoisotopic (exact) mass is 375 g/mol. The van der Waals surface area contributed by atoms with E-state index in [0.29, 0.717) is 0 Å². The largest absolute Gasteiger partial charge is 0.477 e. The van der Waals surface area contributed by atoms with Crippen LogP contribution in [0.1, 0.15) is 10.4 Å². The number of para-hydroxylation sites is 1. The zero-order valence-electron chi connectivity index (χ0n) is 13.9. The van der Waals surface area contributed by atoms with E-state index in [4.69, 9.17) is 4.74 Å². The minimum Gasteiger partial charge on any atom is -0.477 e. The molecular formula is C16H13N3O8. The summed E-state index contributed by atoms with van der Waals surface area (Å²) in [5.74, 6) is -1.65. The molecule has 0 aliphatic heterocycles. The van der Waals surface area contributed by atoms with Gasteiger partial charge in [-0.15, -0.1) is 0 Å². The highest BCUT2D eigenvalue weighted by molar-refractivity contribution is 6.01. The molecule has 0 heterocycles. The van der Waals surface area contributed by atoms with E-state index in [1.54, 1.807) is 12.1 Å². The highest BCUT2D eigenvalue weighted by Gasteiger charge is 2.21. The lowest BCUT2D eigenvalue weighted by Gasteiger charge is -2.10. The minimum absolute atomic E-state index is 0.120. The summed E-state index contributed by atoms with van der Waals surface area (Å²) in [5.41, 5.74) is -0.830. The van der Waals surface area contributed by atoms with Crippen LogP contribution in [0.5, 0.6) is 5.75 Å². The molecule has 0 atom stereocenters. The van der Waals surface area contributed by atoms with Gasteiger partial charge < -0.3 is 14.8 Å². The first-order chi connectivity index (χ1) is 12.8. The standard InChI is InChI=1S/C16H13N3O8/c1-26-16(21)11-4-2-3-5-12(11)17-15(20)9-27-14-7-6-10(18(22)23)8-13(14)19(24)25/h2-8H,9H2,1H3,(H,17,20). The number of ether oxygens (including phenoxy) is 2. The number of carbonyl (C=O) groups is 2. The molecule has 0 fully saturated rings. The van der Waals surface area contributed by atoms with Crippen LogP contribution >= 0.6 is 0 Å². The molecule has 1 amide bonds. The molecule has 11 heteroatoms. The molecule has 2 rings (SSSR count). The molecule has 0 radical (unpaired) electrons.